The van der Waals surface area contributed by atoms with Crippen LogP contribution in [0.5, 0.6) is 5.75 Å². The maximum Gasteiger partial charge on any atom is 0.124 e. The van der Waals surface area contributed by atoms with Gasteiger partial charge in [-0.2, -0.15) is 0 Å². The molecule has 2 heterocycles. The van der Waals surface area contributed by atoms with Gasteiger partial charge >= 0.3 is 0 Å². The molecule has 0 amide bonds. The highest BCUT2D eigenvalue weighted by atomic mass is 16.5. The first-order valence-electron chi connectivity index (χ1n) is 6.80. The van der Waals surface area contributed by atoms with Crippen molar-refractivity contribution in [3.05, 3.63) is 48.0 Å². The maximum absolute atomic E-state index is 5.87. The minimum atomic E-state index is 0.308. The van der Waals surface area contributed by atoms with E-state index in [0.29, 0.717) is 6.10 Å². The first kappa shape index (κ1) is 12.2. The van der Waals surface area contributed by atoms with Crippen molar-refractivity contribution in [1.29, 1.82) is 0 Å². The Kier molecular flexibility index (Phi) is 3.51. The number of para-hydroxylation sites is 1. The van der Waals surface area contributed by atoms with Gasteiger partial charge in [-0.15, -0.1) is 0 Å². The number of nitrogens with one attached hydrogen (secondary N) is 1. The second-order valence-corrected chi connectivity index (χ2v) is 4.96. The van der Waals surface area contributed by atoms with Crippen LogP contribution in [0.3, 0.4) is 0 Å². The molecule has 0 atom stereocenters. The second-order valence-electron chi connectivity index (χ2n) is 4.96. The number of hydrogen-bond donors (Lipinski definition) is 1. The molecule has 0 unspecified atom stereocenters. The number of aromatic nitrogens is 2. The maximum atomic E-state index is 5.87. The molecule has 4 heteroatoms. The lowest BCUT2D eigenvalue weighted by atomic mass is 10.1. The monoisotopic (exact) mass is 257 g/mol. The van der Waals surface area contributed by atoms with Gasteiger partial charge in [0.05, 0.1) is 6.54 Å². The molecule has 1 aromatic carbocycles. The van der Waals surface area contributed by atoms with Gasteiger partial charge < -0.3 is 9.72 Å². The van der Waals surface area contributed by atoms with Gasteiger partial charge in [-0.1, -0.05) is 25.1 Å². The third kappa shape index (κ3) is 2.96. The number of H-pyrrole nitrogens is 1. The van der Waals surface area contributed by atoms with Gasteiger partial charge in [-0.3, -0.25) is 4.90 Å². The van der Waals surface area contributed by atoms with Gasteiger partial charge in [-0.05, 0) is 18.6 Å². The Balaban J connectivity index is 1.45. The molecule has 1 fully saturated rings. The van der Waals surface area contributed by atoms with Crippen molar-refractivity contribution in [2.45, 2.75) is 26.0 Å². The fourth-order valence-corrected chi connectivity index (χ4v) is 2.30. The van der Waals surface area contributed by atoms with Crippen molar-refractivity contribution >= 4 is 0 Å². The van der Waals surface area contributed by atoms with Crippen LogP contribution in [0, 0.1) is 0 Å². The molecular weight excluding hydrogens is 238 g/mol. The summed E-state index contributed by atoms with van der Waals surface area (Å²) in [5.41, 5.74) is 1.20. The Labute approximate surface area is 113 Å². The van der Waals surface area contributed by atoms with E-state index in [4.69, 9.17) is 4.74 Å². The number of aromatic amines is 1. The lowest BCUT2D eigenvalue weighted by Gasteiger charge is -2.38. The number of nitrogens with zero attached hydrogens (tertiary/aromatic N) is 2. The predicted octanol–water partition coefficient (Wildman–Crippen LogP) is 2.24. The summed E-state index contributed by atoms with van der Waals surface area (Å²) in [6, 6.07) is 10.0. The lowest BCUT2D eigenvalue weighted by molar-refractivity contribution is 0.0131. The minimum absolute atomic E-state index is 0.308. The first-order chi connectivity index (χ1) is 9.33. The van der Waals surface area contributed by atoms with Crippen LogP contribution in [0.4, 0.5) is 0 Å². The molecule has 0 saturated carbocycles. The number of benzene rings is 1. The van der Waals surface area contributed by atoms with Crippen molar-refractivity contribution < 1.29 is 4.74 Å². The summed E-state index contributed by atoms with van der Waals surface area (Å²) in [7, 11) is 0. The molecule has 100 valence electrons. The Bertz CT molecular complexity index is 517. The highest BCUT2D eigenvalue weighted by Crippen LogP contribution is 2.18. The van der Waals surface area contributed by atoms with Gasteiger partial charge in [0.1, 0.15) is 17.7 Å². The molecule has 1 aromatic heterocycles. The molecule has 0 bridgehead atoms. The number of rotatable bonds is 5. The highest BCUT2D eigenvalue weighted by molar-refractivity contribution is 5.21. The Morgan fingerprint density at radius 1 is 1.32 bits per heavy atom. The van der Waals surface area contributed by atoms with Crippen molar-refractivity contribution in [2.75, 3.05) is 13.1 Å². The Morgan fingerprint density at radius 3 is 2.79 bits per heavy atom. The predicted molar refractivity (Wildman–Crippen MR) is 74.1 cm³/mol. The number of hydrogen-bond acceptors (Lipinski definition) is 3. The Hall–Kier alpha value is -1.81. The molecule has 19 heavy (non-hydrogen) atoms. The third-order valence-electron chi connectivity index (χ3n) is 3.40. The average molecular weight is 257 g/mol. The molecule has 1 aliphatic heterocycles. The number of ether oxygens (including phenoxy) is 1. The zero-order valence-electron chi connectivity index (χ0n) is 11.2. The van der Waals surface area contributed by atoms with Crippen molar-refractivity contribution in [1.82, 2.24) is 14.9 Å². The van der Waals surface area contributed by atoms with Crippen LogP contribution in [-0.2, 0) is 13.0 Å². The third-order valence-corrected chi connectivity index (χ3v) is 3.40. The second kappa shape index (κ2) is 5.45. The van der Waals surface area contributed by atoms with Gasteiger partial charge in [0.15, 0.2) is 0 Å². The number of aryl methyl sites for hydroxylation is 1. The zero-order valence-corrected chi connectivity index (χ0v) is 11.2. The average Bonchev–Trinajstić information content (AvgIpc) is 2.85. The van der Waals surface area contributed by atoms with Gasteiger partial charge in [0.2, 0.25) is 0 Å². The van der Waals surface area contributed by atoms with Crippen LogP contribution < -0.4 is 4.74 Å². The van der Waals surface area contributed by atoms with E-state index in [1.54, 1.807) is 0 Å². The van der Waals surface area contributed by atoms with Crippen LogP contribution in [-0.4, -0.2) is 34.1 Å². The smallest absolute Gasteiger partial charge is 0.124 e. The molecule has 3 rings (SSSR count). The quantitative estimate of drug-likeness (QED) is 0.893. The Morgan fingerprint density at radius 2 is 2.11 bits per heavy atom. The van der Waals surface area contributed by atoms with Crippen LogP contribution >= 0.6 is 0 Å². The van der Waals surface area contributed by atoms with E-state index >= 15 is 0 Å². The molecular formula is C15H19N3O. The molecule has 1 aliphatic rings. The SMILES string of the molecule is CCc1cnc(CN2CC(Oc3ccccc3)C2)[nH]1. The summed E-state index contributed by atoms with van der Waals surface area (Å²) in [5, 5.41) is 0. The lowest BCUT2D eigenvalue weighted by Crippen LogP contribution is -2.53. The van der Waals surface area contributed by atoms with Crippen molar-refractivity contribution in [3.63, 3.8) is 0 Å². The van der Waals surface area contributed by atoms with Crippen LogP contribution in [0.25, 0.3) is 0 Å². The van der Waals surface area contributed by atoms with Gasteiger partial charge in [-0.25, -0.2) is 4.98 Å². The number of likely N-dealkylation sites (tertiary alicyclic amines) is 1. The van der Waals surface area contributed by atoms with E-state index in [0.717, 1.165) is 37.6 Å². The van der Waals surface area contributed by atoms with Crippen molar-refractivity contribution in [3.8, 4) is 5.75 Å². The summed E-state index contributed by atoms with van der Waals surface area (Å²) < 4.78 is 5.87. The van der Waals surface area contributed by atoms with Gasteiger partial charge in [0, 0.05) is 25.0 Å². The minimum Gasteiger partial charge on any atom is -0.488 e. The van der Waals surface area contributed by atoms with E-state index in [9.17, 15) is 0 Å². The summed E-state index contributed by atoms with van der Waals surface area (Å²) in [6.45, 7) is 4.95. The molecule has 0 radical (unpaired) electrons. The standard InChI is InChI=1S/C15H19N3O/c1-2-12-8-16-15(17-12)11-18-9-14(10-18)19-13-6-4-3-5-7-13/h3-8,14H,2,9-11H2,1H3,(H,16,17). The van der Waals surface area contributed by atoms with E-state index in [1.807, 2.05) is 36.5 Å². The fourth-order valence-electron chi connectivity index (χ4n) is 2.30. The summed E-state index contributed by atoms with van der Waals surface area (Å²) in [6.07, 6.45) is 3.24. The molecule has 0 spiro atoms. The van der Waals surface area contributed by atoms with Crippen LogP contribution in [0.1, 0.15) is 18.4 Å². The highest BCUT2D eigenvalue weighted by Gasteiger charge is 2.28. The molecule has 1 N–H and O–H groups in total. The van der Waals surface area contributed by atoms with E-state index in [1.165, 1.54) is 5.69 Å². The number of imidazole rings is 1. The van der Waals surface area contributed by atoms with E-state index in [2.05, 4.69) is 21.8 Å². The first-order valence-corrected chi connectivity index (χ1v) is 6.80. The van der Waals surface area contributed by atoms with Crippen LogP contribution in [0.2, 0.25) is 0 Å². The fraction of sp³-hybridized carbons (Fsp3) is 0.400. The molecule has 2 aromatic rings. The largest absolute Gasteiger partial charge is 0.488 e. The zero-order chi connectivity index (χ0) is 13.1. The molecule has 0 aliphatic carbocycles. The van der Waals surface area contributed by atoms with Crippen LogP contribution in [0.15, 0.2) is 36.5 Å². The van der Waals surface area contributed by atoms with Gasteiger partial charge in [0.25, 0.3) is 0 Å². The normalized spacial score (nSPS) is 16.3. The summed E-state index contributed by atoms with van der Waals surface area (Å²) >= 11 is 0. The topological polar surface area (TPSA) is 41.2 Å². The van der Waals surface area contributed by atoms with E-state index < -0.39 is 0 Å². The van der Waals surface area contributed by atoms with Crippen molar-refractivity contribution in [2.24, 2.45) is 0 Å². The van der Waals surface area contributed by atoms with E-state index in [-0.39, 0.29) is 0 Å². The molecule has 1 saturated heterocycles. The molecule has 4 nitrogen and oxygen atoms in total. The summed E-state index contributed by atoms with van der Waals surface area (Å²) in [5.74, 6) is 2.01. The summed E-state index contributed by atoms with van der Waals surface area (Å²) in [4.78, 5) is 10.1.